The van der Waals surface area contributed by atoms with E-state index in [1.807, 2.05) is 49.4 Å². The Labute approximate surface area is 228 Å². The molecule has 1 atom stereocenters. The summed E-state index contributed by atoms with van der Waals surface area (Å²) in [5.41, 5.74) is 3.04. The number of nitrogens with one attached hydrogen (secondary N) is 1. The Bertz CT molecular complexity index is 1250. The van der Waals surface area contributed by atoms with Gasteiger partial charge in [0.2, 0.25) is 0 Å². The lowest BCUT2D eigenvalue weighted by Crippen LogP contribution is -2.46. The molecule has 9 nitrogen and oxygen atoms in total. The first kappa shape index (κ1) is 29.0. The summed E-state index contributed by atoms with van der Waals surface area (Å²) in [5.74, 6) is 0.872. The van der Waals surface area contributed by atoms with Gasteiger partial charge in [-0.25, -0.2) is 4.79 Å². The van der Waals surface area contributed by atoms with Crippen molar-refractivity contribution in [1.29, 1.82) is 0 Å². The van der Waals surface area contributed by atoms with Gasteiger partial charge in [0.15, 0.2) is 5.71 Å². The summed E-state index contributed by atoms with van der Waals surface area (Å²) in [6, 6.07) is 19.1. The van der Waals surface area contributed by atoms with E-state index in [1.54, 1.807) is 38.5 Å². The molecule has 0 aliphatic heterocycles. The third-order valence-corrected chi connectivity index (χ3v) is 5.90. The van der Waals surface area contributed by atoms with Crippen LogP contribution in [0.5, 0.6) is 17.2 Å². The molecule has 0 spiro atoms. The molecule has 9 heteroatoms. The van der Waals surface area contributed by atoms with Crippen molar-refractivity contribution in [1.82, 2.24) is 5.32 Å². The highest BCUT2D eigenvalue weighted by Gasteiger charge is 2.26. The van der Waals surface area contributed by atoms with Crippen molar-refractivity contribution < 1.29 is 33.4 Å². The summed E-state index contributed by atoms with van der Waals surface area (Å²) in [5, 5.41) is 6.63. The Balaban J connectivity index is 1.80. The average molecular weight is 535 g/mol. The summed E-state index contributed by atoms with van der Waals surface area (Å²) < 4.78 is 21.6. The molecule has 0 unspecified atom stereocenters. The predicted molar refractivity (Wildman–Crippen MR) is 148 cm³/mol. The van der Waals surface area contributed by atoms with Crippen molar-refractivity contribution in [3.63, 3.8) is 0 Å². The van der Waals surface area contributed by atoms with Crippen LogP contribution in [0.3, 0.4) is 0 Å². The summed E-state index contributed by atoms with van der Waals surface area (Å²) in [7, 11) is 5.83. The van der Waals surface area contributed by atoms with Crippen LogP contribution >= 0.6 is 0 Å². The van der Waals surface area contributed by atoms with Gasteiger partial charge in [0.25, 0.3) is 5.91 Å². The van der Waals surface area contributed by atoms with Crippen molar-refractivity contribution >= 4 is 17.6 Å². The Morgan fingerprint density at radius 2 is 1.51 bits per heavy atom. The normalized spacial score (nSPS) is 11.8. The number of nitrogens with zero attached hydrogens (tertiary/aromatic N) is 1. The van der Waals surface area contributed by atoms with Crippen LogP contribution in [0.25, 0.3) is 11.1 Å². The topological polar surface area (TPSA) is 105 Å². The van der Waals surface area contributed by atoms with Crippen LogP contribution in [0, 0.1) is 0 Å². The maximum absolute atomic E-state index is 13.2. The van der Waals surface area contributed by atoms with Gasteiger partial charge in [-0.3, -0.25) is 4.79 Å². The fraction of sp³-hybridized carbons (Fsp3) is 0.300. The van der Waals surface area contributed by atoms with E-state index in [0.717, 1.165) is 23.1 Å². The largest absolute Gasteiger partial charge is 0.496 e. The number of esters is 1. The second kappa shape index (κ2) is 14.4. The number of amides is 1. The van der Waals surface area contributed by atoms with Gasteiger partial charge < -0.3 is 29.1 Å². The average Bonchev–Trinajstić information content (AvgIpc) is 2.98. The quantitative estimate of drug-likeness (QED) is 0.197. The molecule has 0 radical (unpaired) electrons. The van der Waals surface area contributed by atoms with Crippen LogP contribution in [0.15, 0.2) is 71.9 Å². The van der Waals surface area contributed by atoms with Crippen molar-refractivity contribution in [2.75, 3.05) is 35.0 Å². The summed E-state index contributed by atoms with van der Waals surface area (Å²) in [6.07, 6.45) is 1.08. The number of ether oxygens (including phenoxy) is 4. The van der Waals surface area contributed by atoms with Crippen LogP contribution in [0.4, 0.5) is 0 Å². The van der Waals surface area contributed by atoms with Crippen molar-refractivity contribution in [2.45, 2.75) is 25.8 Å². The van der Waals surface area contributed by atoms with Crippen molar-refractivity contribution in [2.24, 2.45) is 5.16 Å². The Kier molecular flexibility index (Phi) is 10.7. The molecule has 206 valence electrons. The highest BCUT2D eigenvalue weighted by molar-refractivity contribution is 6.45. The number of rotatable bonds is 13. The lowest BCUT2D eigenvalue weighted by molar-refractivity contribution is -0.144. The van der Waals surface area contributed by atoms with Crippen molar-refractivity contribution in [3.05, 3.63) is 77.9 Å². The molecule has 3 aromatic carbocycles. The Morgan fingerprint density at radius 1 is 0.872 bits per heavy atom. The fourth-order valence-corrected chi connectivity index (χ4v) is 3.99. The maximum atomic E-state index is 13.2. The molecule has 0 saturated carbocycles. The molecule has 1 N–H and O–H groups in total. The van der Waals surface area contributed by atoms with Gasteiger partial charge in [-0.15, -0.1) is 0 Å². The zero-order valence-corrected chi connectivity index (χ0v) is 22.9. The number of carbonyl (C=O) groups is 2. The molecule has 3 aromatic rings. The number of methoxy groups -OCH3 is 3. The van der Waals surface area contributed by atoms with E-state index >= 15 is 0 Å². The number of carbonyl (C=O) groups excluding carboxylic acids is 2. The minimum absolute atomic E-state index is 0.0204. The first-order valence-corrected chi connectivity index (χ1v) is 12.5. The summed E-state index contributed by atoms with van der Waals surface area (Å²) >= 11 is 0. The highest BCUT2D eigenvalue weighted by Crippen LogP contribution is 2.38. The van der Waals surface area contributed by atoms with Gasteiger partial charge in [0.1, 0.15) is 30.4 Å². The van der Waals surface area contributed by atoms with Gasteiger partial charge in [0.05, 0.1) is 33.5 Å². The molecule has 39 heavy (non-hydrogen) atoms. The van der Waals surface area contributed by atoms with Crippen LogP contribution in [0.1, 0.15) is 24.5 Å². The second-order valence-corrected chi connectivity index (χ2v) is 8.48. The molecule has 0 saturated heterocycles. The number of hydrogen-bond donors (Lipinski definition) is 1. The molecule has 0 bridgehead atoms. The lowest BCUT2D eigenvalue weighted by Gasteiger charge is -2.18. The van der Waals surface area contributed by atoms with E-state index in [2.05, 4.69) is 10.5 Å². The second-order valence-electron chi connectivity index (χ2n) is 8.48. The third kappa shape index (κ3) is 7.50. The van der Waals surface area contributed by atoms with Gasteiger partial charge in [-0.2, -0.15) is 0 Å². The van der Waals surface area contributed by atoms with E-state index in [0.29, 0.717) is 29.4 Å². The summed E-state index contributed by atoms with van der Waals surface area (Å²) in [4.78, 5) is 30.7. The molecule has 0 aromatic heterocycles. The summed E-state index contributed by atoms with van der Waals surface area (Å²) in [6.45, 7) is 2.61. The Hall–Kier alpha value is -4.53. The molecular weight excluding hydrogens is 500 g/mol. The lowest BCUT2D eigenvalue weighted by atomic mass is 9.99. The highest BCUT2D eigenvalue weighted by atomic mass is 16.6. The smallest absolute Gasteiger partial charge is 0.328 e. The SMILES string of the molecule is CCCOc1ccc(C(=NOC)C(=O)N[C@@H](Cc2ccc(-c3c(OC)cccc3OC)cc2)C(=O)OC)cc1. The third-order valence-electron chi connectivity index (χ3n) is 5.90. The van der Waals surface area contributed by atoms with E-state index in [-0.39, 0.29) is 12.1 Å². The number of oxime groups is 1. The number of hydrogen-bond acceptors (Lipinski definition) is 8. The standard InChI is InChI=1S/C30H34N2O7/c1-6-18-39-23-16-14-22(15-17-23)28(32-38-5)29(33)31-24(30(34)37-4)19-20-10-12-21(13-11-20)27-25(35-2)8-7-9-26(27)36-3/h7-17,24H,6,18-19H2,1-5H3,(H,31,33)/t24-/m0/s1. The van der Waals surface area contributed by atoms with Gasteiger partial charge in [-0.05, 0) is 53.9 Å². The van der Waals surface area contributed by atoms with Crippen LogP contribution in [-0.4, -0.2) is 58.7 Å². The van der Waals surface area contributed by atoms with Crippen LogP contribution in [0.2, 0.25) is 0 Å². The predicted octanol–water partition coefficient (Wildman–Crippen LogP) is 4.41. The molecule has 1 amide bonds. The Morgan fingerprint density at radius 3 is 2.05 bits per heavy atom. The monoisotopic (exact) mass is 534 g/mol. The van der Waals surface area contributed by atoms with Crippen LogP contribution < -0.4 is 19.5 Å². The van der Waals surface area contributed by atoms with Gasteiger partial charge in [-0.1, -0.05) is 42.4 Å². The van der Waals surface area contributed by atoms with E-state index in [1.165, 1.54) is 14.2 Å². The molecular formula is C30H34N2O7. The first-order chi connectivity index (χ1) is 18.9. The van der Waals surface area contributed by atoms with E-state index in [9.17, 15) is 9.59 Å². The molecule has 0 heterocycles. The molecule has 3 rings (SSSR count). The number of benzene rings is 3. The fourth-order valence-electron chi connectivity index (χ4n) is 3.99. The van der Waals surface area contributed by atoms with E-state index < -0.39 is 17.9 Å². The maximum Gasteiger partial charge on any atom is 0.328 e. The molecule has 0 fully saturated rings. The van der Waals surface area contributed by atoms with E-state index in [4.69, 9.17) is 23.8 Å². The zero-order chi connectivity index (χ0) is 28.2. The van der Waals surface area contributed by atoms with Gasteiger partial charge in [0, 0.05) is 12.0 Å². The van der Waals surface area contributed by atoms with Crippen LogP contribution in [-0.2, 0) is 25.6 Å². The van der Waals surface area contributed by atoms with Crippen molar-refractivity contribution in [3.8, 4) is 28.4 Å². The van der Waals surface area contributed by atoms with Gasteiger partial charge >= 0.3 is 5.97 Å². The molecule has 0 aliphatic carbocycles. The molecule has 0 aliphatic rings. The minimum Gasteiger partial charge on any atom is -0.496 e. The minimum atomic E-state index is -0.955. The zero-order valence-electron chi connectivity index (χ0n) is 22.9. The first-order valence-electron chi connectivity index (χ1n) is 12.5.